The Morgan fingerprint density at radius 1 is 1.12 bits per heavy atom. The smallest absolute Gasteiger partial charge is 0.272 e. The van der Waals surface area contributed by atoms with Gasteiger partial charge in [-0.25, -0.2) is 0 Å². The molecule has 1 aliphatic heterocycles. The van der Waals surface area contributed by atoms with Gasteiger partial charge in [0.2, 0.25) is 5.91 Å². The van der Waals surface area contributed by atoms with Crippen LogP contribution in [0.3, 0.4) is 0 Å². The van der Waals surface area contributed by atoms with Crippen LogP contribution in [0.2, 0.25) is 0 Å². The van der Waals surface area contributed by atoms with Crippen molar-refractivity contribution in [2.24, 2.45) is 10.2 Å². The fourth-order valence-electron chi connectivity index (χ4n) is 4.41. The van der Waals surface area contributed by atoms with E-state index in [1.54, 1.807) is 42.5 Å². The quantitative estimate of drug-likeness (QED) is 0.124. The normalized spacial score (nSPS) is 12.4. The van der Waals surface area contributed by atoms with Crippen molar-refractivity contribution in [3.8, 4) is 6.07 Å². The molecule has 0 aromatic heterocycles. The Morgan fingerprint density at radius 2 is 1.80 bits per heavy atom. The zero-order valence-electron chi connectivity index (χ0n) is 22.1. The minimum absolute atomic E-state index is 0.0391. The average molecular weight is 618 g/mol. The predicted octanol–water partition coefficient (Wildman–Crippen LogP) is 6.12. The number of hydrogen-bond acceptors (Lipinski definition) is 9. The molecule has 3 amide bonds. The lowest BCUT2D eigenvalue weighted by atomic mass is 10.1. The summed E-state index contributed by atoms with van der Waals surface area (Å²) in [4.78, 5) is 51.1. The number of anilines is 2. The van der Waals surface area contributed by atoms with Gasteiger partial charge in [0, 0.05) is 44.4 Å². The van der Waals surface area contributed by atoms with Crippen molar-refractivity contribution in [3.63, 3.8) is 0 Å². The van der Waals surface area contributed by atoms with Gasteiger partial charge in [0.05, 0.1) is 31.8 Å². The Bertz CT molecular complexity index is 1600. The van der Waals surface area contributed by atoms with Crippen molar-refractivity contribution in [1.82, 2.24) is 4.90 Å². The molecule has 1 heterocycles. The molecule has 12 nitrogen and oxygen atoms in total. The molecule has 1 aliphatic rings. The zero-order chi connectivity index (χ0) is 29.7. The third-order valence-corrected chi connectivity index (χ3v) is 6.97. The first-order valence-electron chi connectivity index (χ1n) is 12.6. The molecule has 3 aromatic rings. The summed E-state index contributed by atoms with van der Waals surface area (Å²) >= 11 is 3.21. The number of non-ortho nitro benzene ring substituents is 1. The van der Waals surface area contributed by atoms with Gasteiger partial charge >= 0.3 is 0 Å². The standard InChI is InChI=1S/C28H24BrN7O5/c1-3-34(11-6-12-35-27(38)21-7-4-5-8-22(21)28(35)39)19-9-10-24(25(15-19)31-17(2)37)32-33-26-18(16-30)13-20(36(40)41)14-23(26)29/h4-5,7-10,13-15H,3,6,11-12H2,1-2H3,(H,31,37). The molecule has 208 valence electrons. The number of nitro benzene ring substituents is 1. The van der Waals surface area contributed by atoms with Gasteiger partial charge in [-0.05, 0) is 59.6 Å². The molecule has 4 rings (SSSR count). The van der Waals surface area contributed by atoms with E-state index in [-0.39, 0.29) is 45.7 Å². The zero-order valence-corrected chi connectivity index (χ0v) is 23.7. The molecule has 13 heteroatoms. The maximum Gasteiger partial charge on any atom is 0.272 e. The second kappa shape index (κ2) is 12.5. The number of carbonyl (C=O) groups excluding carboxylic acids is 3. The maximum absolute atomic E-state index is 12.7. The highest BCUT2D eigenvalue weighted by Crippen LogP contribution is 2.37. The van der Waals surface area contributed by atoms with E-state index in [0.717, 1.165) is 11.8 Å². The van der Waals surface area contributed by atoms with Crippen LogP contribution < -0.4 is 10.2 Å². The van der Waals surface area contributed by atoms with Gasteiger partial charge in [-0.1, -0.05) is 12.1 Å². The van der Waals surface area contributed by atoms with Crippen LogP contribution in [0.15, 0.2) is 69.3 Å². The summed E-state index contributed by atoms with van der Waals surface area (Å²) in [7, 11) is 0. The highest BCUT2D eigenvalue weighted by molar-refractivity contribution is 9.10. The summed E-state index contributed by atoms with van der Waals surface area (Å²) in [5.74, 6) is -0.924. The van der Waals surface area contributed by atoms with E-state index in [2.05, 4.69) is 31.5 Å². The van der Waals surface area contributed by atoms with Crippen molar-refractivity contribution in [3.05, 3.63) is 85.9 Å². The monoisotopic (exact) mass is 617 g/mol. The number of nitro groups is 1. The van der Waals surface area contributed by atoms with E-state index in [9.17, 15) is 29.8 Å². The molecular weight excluding hydrogens is 594 g/mol. The number of imide groups is 1. The van der Waals surface area contributed by atoms with E-state index in [1.165, 1.54) is 17.9 Å². The first kappa shape index (κ1) is 29.0. The number of benzene rings is 3. The van der Waals surface area contributed by atoms with Gasteiger partial charge in [0.15, 0.2) is 0 Å². The number of amides is 3. The average Bonchev–Trinajstić information content (AvgIpc) is 3.19. The van der Waals surface area contributed by atoms with Gasteiger partial charge < -0.3 is 10.2 Å². The Balaban J connectivity index is 1.53. The number of azo groups is 1. The Labute approximate surface area is 243 Å². The lowest BCUT2D eigenvalue weighted by Crippen LogP contribution is -2.33. The number of carbonyl (C=O) groups is 3. The van der Waals surface area contributed by atoms with Crippen LogP contribution >= 0.6 is 15.9 Å². The summed E-state index contributed by atoms with van der Waals surface area (Å²) in [6.45, 7) is 4.73. The molecule has 41 heavy (non-hydrogen) atoms. The number of nitrogens with one attached hydrogen (secondary N) is 1. The summed E-state index contributed by atoms with van der Waals surface area (Å²) in [5, 5.41) is 31.7. The van der Waals surface area contributed by atoms with Crippen molar-refractivity contribution < 1.29 is 19.3 Å². The maximum atomic E-state index is 12.7. The van der Waals surface area contributed by atoms with Gasteiger partial charge in [-0.3, -0.25) is 29.4 Å². The van der Waals surface area contributed by atoms with E-state index >= 15 is 0 Å². The number of nitriles is 1. The minimum atomic E-state index is -0.612. The van der Waals surface area contributed by atoms with Crippen LogP contribution in [0.25, 0.3) is 0 Å². The summed E-state index contributed by atoms with van der Waals surface area (Å²) < 4.78 is 0.222. The van der Waals surface area contributed by atoms with Crippen LogP contribution in [0.4, 0.5) is 28.4 Å². The molecule has 0 unspecified atom stereocenters. The molecule has 0 saturated carbocycles. The van der Waals surface area contributed by atoms with Gasteiger partial charge in [-0.2, -0.15) is 5.26 Å². The molecular formula is C28H24BrN7O5. The lowest BCUT2D eigenvalue weighted by molar-refractivity contribution is -0.384. The van der Waals surface area contributed by atoms with Crippen LogP contribution in [0, 0.1) is 21.4 Å². The molecule has 0 spiro atoms. The topological polar surface area (TPSA) is 161 Å². The van der Waals surface area contributed by atoms with Gasteiger partial charge in [0.1, 0.15) is 17.4 Å². The third-order valence-electron chi connectivity index (χ3n) is 6.36. The summed E-state index contributed by atoms with van der Waals surface area (Å²) in [6, 6.07) is 16.2. The highest BCUT2D eigenvalue weighted by Gasteiger charge is 2.34. The number of halogens is 1. The van der Waals surface area contributed by atoms with E-state index < -0.39 is 4.92 Å². The second-order valence-electron chi connectivity index (χ2n) is 9.02. The first-order valence-corrected chi connectivity index (χ1v) is 13.4. The van der Waals surface area contributed by atoms with Crippen molar-refractivity contribution in [1.29, 1.82) is 5.26 Å². The molecule has 0 saturated heterocycles. The molecule has 3 aromatic carbocycles. The number of nitrogens with zero attached hydrogens (tertiary/aromatic N) is 6. The van der Waals surface area contributed by atoms with E-state index in [4.69, 9.17) is 0 Å². The Kier molecular flexibility index (Phi) is 8.84. The number of rotatable bonds is 10. The summed E-state index contributed by atoms with van der Waals surface area (Å²) in [6.07, 6.45) is 0.529. The first-order chi connectivity index (χ1) is 19.6. The van der Waals surface area contributed by atoms with Gasteiger partial charge in [0.25, 0.3) is 17.5 Å². The molecule has 0 fully saturated rings. The van der Waals surface area contributed by atoms with Crippen LogP contribution in [-0.2, 0) is 4.79 Å². The Morgan fingerprint density at radius 3 is 2.39 bits per heavy atom. The largest absolute Gasteiger partial charge is 0.372 e. The minimum Gasteiger partial charge on any atom is -0.372 e. The molecule has 0 radical (unpaired) electrons. The summed E-state index contributed by atoms with van der Waals surface area (Å²) in [5.41, 5.74) is 2.08. The second-order valence-corrected chi connectivity index (χ2v) is 9.87. The van der Waals surface area contributed by atoms with E-state index in [1.807, 2.05) is 17.9 Å². The van der Waals surface area contributed by atoms with Crippen LogP contribution in [0.1, 0.15) is 46.5 Å². The Hall–Kier alpha value is -4.96. The lowest BCUT2D eigenvalue weighted by Gasteiger charge is -2.25. The van der Waals surface area contributed by atoms with E-state index in [0.29, 0.717) is 42.0 Å². The predicted molar refractivity (Wildman–Crippen MR) is 155 cm³/mol. The number of hydrogen-bond donors (Lipinski definition) is 1. The van der Waals surface area contributed by atoms with Gasteiger partial charge in [-0.15, -0.1) is 10.2 Å². The third kappa shape index (κ3) is 6.28. The fourth-order valence-corrected chi connectivity index (χ4v) is 4.94. The number of fused-ring (bicyclic) bond motifs is 1. The highest BCUT2D eigenvalue weighted by atomic mass is 79.9. The van der Waals surface area contributed by atoms with Crippen LogP contribution in [-0.4, -0.2) is 47.2 Å². The molecule has 0 atom stereocenters. The molecule has 0 aliphatic carbocycles. The van der Waals surface area contributed by atoms with Crippen LogP contribution in [0.5, 0.6) is 0 Å². The molecule has 1 N–H and O–H groups in total. The van der Waals surface area contributed by atoms with Crippen molar-refractivity contribution in [2.45, 2.75) is 20.3 Å². The van der Waals surface area contributed by atoms with Crippen molar-refractivity contribution >= 4 is 62.1 Å². The fraction of sp³-hybridized carbons (Fsp3) is 0.214. The van der Waals surface area contributed by atoms with Crippen molar-refractivity contribution in [2.75, 3.05) is 29.9 Å². The molecule has 0 bridgehead atoms. The SMILES string of the molecule is CCN(CCCN1C(=O)c2ccccc2C1=O)c1ccc(N=Nc2c(Br)cc([N+](=O)[O-])cc2C#N)c(NC(C)=O)c1.